The molecule has 0 bridgehead atoms. The molecule has 2 fully saturated rings. The van der Waals surface area contributed by atoms with Gasteiger partial charge in [0.25, 0.3) is 0 Å². The number of anilines is 1. The number of pyridine rings is 1. The molecule has 7 nitrogen and oxygen atoms in total. The zero-order valence-corrected chi connectivity index (χ0v) is 13.6. The number of hydrogen-bond donors (Lipinski definition) is 0. The van der Waals surface area contributed by atoms with Crippen LogP contribution in [0.15, 0.2) is 24.7 Å². The molecule has 0 aromatic carbocycles. The average molecular weight is 327 g/mol. The third kappa shape index (κ3) is 3.03. The zero-order valence-electron chi connectivity index (χ0n) is 13.6. The number of amides is 1. The molecule has 0 unspecified atom stereocenters. The molecule has 0 spiro atoms. The predicted octanol–water partition coefficient (Wildman–Crippen LogP) is 1.10. The highest BCUT2D eigenvalue weighted by Crippen LogP contribution is 2.25. The number of carbonyl (C=O) groups excluding carboxylic acids is 1. The van der Waals surface area contributed by atoms with Gasteiger partial charge in [-0.3, -0.25) is 9.78 Å². The number of piperidine rings is 1. The Labute approximate surface area is 140 Å². The van der Waals surface area contributed by atoms with Gasteiger partial charge < -0.3 is 14.5 Å². The van der Waals surface area contributed by atoms with Crippen LogP contribution in [0.1, 0.15) is 12.8 Å². The first-order valence-corrected chi connectivity index (χ1v) is 8.49. The van der Waals surface area contributed by atoms with E-state index in [1.54, 1.807) is 12.4 Å². The van der Waals surface area contributed by atoms with Crippen LogP contribution in [0.25, 0.3) is 11.2 Å². The van der Waals surface area contributed by atoms with Gasteiger partial charge in [0.2, 0.25) is 5.91 Å². The number of hydrogen-bond acceptors (Lipinski definition) is 6. The van der Waals surface area contributed by atoms with E-state index in [0.29, 0.717) is 32.0 Å². The Hall–Kier alpha value is -2.28. The van der Waals surface area contributed by atoms with Gasteiger partial charge in [0.15, 0.2) is 5.65 Å². The summed E-state index contributed by atoms with van der Waals surface area (Å²) in [5.74, 6) is 0.311. The SMILES string of the molecule is O=C([C@H]1CCCN(c2cnc3nccnc3c2)C1)N1CCOCC1. The second-order valence-corrected chi connectivity index (χ2v) is 6.32. The molecule has 0 N–H and O–H groups in total. The summed E-state index contributed by atoms with van der Waals surface area (Å²) >= 11 is 0. The van der Waals surface area contributed by atoms with Gasteiger partial charge in [-0.15, -0.1) is 0 Å². The van der Waals surface area contributed by atoms with E-state index in [-0.39, 0.29) is 11.8 Å². The predicted molar refractivity (Wildman–Crippen MR) is 89.7 cm³/mol. The third-order valence-electron chi connectivity index (χ3n) is 4.77. The molecule has 2 aromatic rings. The van der Waals surface area contributed by atoms with Crippen LogP contribution in [0.2, 0.25) is 0 Å². The van der Waals surface area contributed by atoms with Crippen LogP contribution in [0.3, 0.4) is 0 Å². The maximum atomic E-state index is 12.7. The lowest BCUT2D eigenvalue weighted by Gasteiger charge is -2.37. The summed E-state index contributed by atoms with van der Waals surface area (Å²) in [5.41, 5.74) is 2.46. The summed E-state index contributed by atoms with van der Waals surface area (Å²) in [6, 6.07) is 2.01. The largest absolute Gasteiger partial charge is 0.378 e. The molecule has 24 heavy (non-hydrogen) atoms. The first-order chi connectivity index (χ1) is 11.8. The van der Waals surface area contributed by atoms with Crippen molar-refractivity contribution >= 4 is 22.8 Å². The lowest BCUT2D eigenvalue weighted by atomic mass is 9.96. The van der Waals surface area contributed by atoms with Crippen molar-refractivity contribution in [3.05, 3.63) is 24.7 Å². The highest BCUT2D eigenvalue weighted by molar-refractivity contribution is 5.80. The van der Waals surface area contributed by atoms with Gasteiger partial charge in [-0.2, -0.15) is 0 Å². The van der Waals surface area contributed by atoms with E-state index >= 15 is 0 Å². The maximum Gasteiger partial charge on any atom is 0.227 e. The maximum absolute atomic E-state index is 12.7. The van der Waals surface area contributed by atoms with E-state index in [0.717, 1.165) is 37.1 Å². The zero-order chi connectivity index (χ0) is 16.4. The van der Waals surface area contributed by atoms with E-state index < -0.39 is 0 Å². The molecule has 4 heterocycles. The van der Waals surface area contributed by atoms with E-state index in [1.165, 1.54) is 0 Å². The first-order valence-electron chi connectivity index (χ1n) is 8.49. The summed E-state index contributed by atoms with van der Waals surface area (Å²) in [7, 11) is 0. The molecule has 2 saturated heterocycles. The molecule has 0 radical (unpaired) electrons. The van der Waals surface area contributed by atoms with Crippen LogP contribution in [0.5, 0.6) is 0 Å². The Bertz CT molecular complexity index is 732. The highest BCUT2D eigenvalue weighted by atomic mass is 16.5. The quantitative estimate of drug-likeness (QED) is 0.822. The van der Waals surface area contributed by atoms with Crippen LogP contribution in [-0.4, -0.2) is 65.2 Å². The van der Waals surface area contributed by atoms with E-state index in [9.17, 15) is 4.79 Å². The molecule has 4 rings (SSSR count). The van der Waals surface area contributed by atoms with Crippen molar-refractivity contribution in [1.29, 1.82) is 0 Å². The van der Waals surface area contributed by atoms with Gasteiger partial charge in [0.1, 0.15) is 5.52 Å². The molecule has 2 aliphatic heterocycles. The second kappa shape index (κ2) is 6.68. The first kappa shape index (κ1) is 15.3. The van der Waals surface area contributed by atoms with Crippen LogP contribution < -0.4 is 4.90 Å². The Morgan fingerprint density at radius 1 is 1.12 bits per heavy atom. The van der Waals surface area contributed by atoms with E-state index in [1.807, 2.05) is 17.2 Å². The standard InChI is InChI=1S/C17H21N5O2/c23-17(21-6-8-24-9-7-21)13-2-1-5-22(12-13)14-10-15-16(20-11-14)19-4-3-18-15/h3-4,10-11,13H,1-2,5-9,12H2/t13-/m0/s1. The minimum absolute atomic E-state index is 0.0504. The Balaban J connectivity index is 1.50. The molecular weight excluding hydrogens is 306 g/mol. The lowest BCUT2D eigenvalue weighted by molar-refractivity contribution is -0.139. The number of nitrogens with zero attached hydrogens (tertiary/aromatic N) is 5. The lowest BCUT2D eigenvalue weighted by Crippen LogP contribution is -2.48. The monoisotopic (exact) mass is 327 g/mol. The van der Waals surface area contributed by atoms with E-state index in [4.69, 9.17) is 4.74 Å². The van der Waals surface area contributed by atoms with Crippen molar-refractivity contribution in [3.8, 4) is 0 Å². The number of carbonyl (C=O) groups is 1. The normalized spacial score (nSPS) is 21.9. The summed E-state index contributed by atoms with van der Waals surface area (Å²) in [6.07, 6.45) is 7.12. The van der Waals surface area contributed by atoms with Crippen molar-refractivity contribution in [1.82, 2.24) is 19.9 Å². The fraction of sp³-hybridized carbons (Fsp3) is 0.529. The number of ether oxygens (including phenoxy) is 1. The van der Waals surface area contributed by atoms with Gasteiger partial charge in [0.05, 0.1) is 31.0 Å². The molecule has 0 saturated carbocycles. The van der Waals surface area contributed by atoms with E-state index in [2.05, 4.69) is 19.9 Å². The molecule has 126 valence electrons. The molecular formula is C17H21N5O2. The van der Waals surface area contributed by atoms with Crippen LogP contribution in [-0.2, 0) is 9.53 Å². The van der Waals surface area contributed by atoms with Gasteiger partial charge >= 0.3 is 0 Å². The van der Waals surface area contributed by atoms with Crippen LogP contribution in [0, 0.1) is 5.92 Å². The van der Waals surface area contributed by atoms with Gasteiger partial charge in [-0.05, 0) is 18.9 Å². The fourth-order valence-corrected chi connectivity index (χ4v) is 3.48. The van der Waals surface area contributed by atoms with Gasteiger partial charge in [0, 0.05) is 38.6 Å². The molecule has 7 heteroatoms. The highest BCUT2D eigenvalue weighted by Gasteiger charge is 2.30. The Morgan fingerprint density at radius 3 is 2.83 bits per heavy atom. The van der Waals surface area contributed by atoms with Crippen molar-refractivity contribution in [3.63, 3.8) is 0 Å². The van der Waals surface area contributed by atoms with Crippen LogP contribution in [0.4, 0.5) is 5.69 Å². The minimum Gasteiger partial charge on any atom is -0.378 e. The van der Waals surface area contributed by atoms with Crippen molar-refractivity contribution in [2.45, 2.75) is 12.8 Å². The smallest absolute Gasteiger partial charge is 0.227 e. The van der Waals surface area contributed by atoms with Crippen molar-refractivity contribution in [2.24, 2.45) is 5.92 Å². The van der Waals surface area contributed by atoms with Gasteiger partial charge in [-0.25, -0.2) is 9.97 Å². The van der Waals surface area contributed by atoms with Crippen molar-refractivity contribution in [2.75, 3.05) is 44.3 Å². The average Bonchev–Trinajstić information content (AvgIpc) is 2.68. The number of fused-ring (bicyclic) bond motifs is 1. The second-order valence-electron chi connectivity index (χ2n) is 6.32. The number of rotatable bonds is 2. The Kier molecular flexibility index (Phi) is 4.25. The molecule has 0 aliphatic carbocycles. The number of morpholine rings is 1. The van der Waals surface area contributed by atoms with Crippen LogP contribution >= 0.6 is 0 Å². The molecule has 2 aromatic heterocycles. The Morgan fingerprint density at radius 2 is 1.96 bits per heavy atom. The third-order valence-corrected chi connectivity index (χ3v) is 4.77. The topological polar surface area (TPSA) is 71.5 Å². The molecule has 1 atom stereocenters. The summed E-state index contributed by atoms with van der Waals surface area (Å²) in [4.78, 5) is 29.9. The summed E-state index contributed by atoms with van der Waals surface area (Å²) in [6.45, 7) is 4.40. The molecule has 1 amide bonds. The minimum atomic E-state index is 0.0504. The molecule has 2 aliphatic rings. The number of aromatic nitrogens is 3. The summed E-state index contributed by atoms with van der Waals surface area (Å²) < 4.78 is 5.34. The van der Waals surface area contributed by atoms with Gasteiger partial charge in [-0.1, -0.05) is 0 Å². The summed E-state index contributed by atoms with van der Waals surface area (Å²) in [5, 5.41) is 0. The van der Waals surface area contributed by atoms with Crippen molar-refractivity contribution < 1.29 is 9.53 Å². The fourth-order valence-electron chi connectivity index (χ4n) is 3.48.